The second-order valence-corrected chi connectivity index (χ2v) is 11.7. The molecule has 0 bridgehead atoms. The number of aromatic nitrogens is 3. The minimum atomic E-state index is -0.420. The lowest BCUT2D eigenvalue weighted by molar-refractivity contribution is 0.0980. The molecule has 1 saturated carbocycles. The summed E-state index contributed by atoms with van der Waals surface area (Å²) in [4.78, 5) is 14.0. The highest BCUT2D eigenvalue weighted by Gasteiger charge is 2.38. The first kappa shape index (κ1) is 26.0. The lowest BCUT2D eigenvalue weighted by Crippen LogP contribution is -2.39. The number of hydrogen-bond donors (Lipinski definition) is 1. The van der Waals surface area contributed by atoms with Crippen LogP contribution < -0.4 is 10.2 Å². The number of carbonyl (C=O) groups excluding carboxylic acids is 1. The van der Waals surface area contributed by atoms with Crippen molar-refractivity contribution in [1.82, 2.24) is 14.9 Å². The van der Waals surface area contributed by atoms with Crippen molar-refractivity contribution >= 4 is 29.1 Å². The van der Waals surface area contributed by atoms with E-state index in [1.807, 2.05) is 72.3 Å². The number of ether oxygens (including phenoxy) is 1. The first-order chi connectivity index (χ1) is 19.1. The molecule has 4 aromatic rings. The van der Waals surface area contributed by atoms with Crippen molar-refractivity contribution in [2.75, 3.05) is 12.0 Å². The summed E-state index contributed by atoms with van der Waals surface area (Å²) in [7, 11) is 0. The van der Waals surface area contributed by atoms with Crippen molar-refractivity contribution in [2.24, 2.45) is 0 Å². The van der Waals surface area contributed by atoms with Gasteiger partial charge in [-0.3, -0.25) is 4.79 Å². The van der Waals surface area contributed by atoms with Crippen LogP contribution in [0.2, 0.25) is 5.02 Å². The van der Waals surface area contributed by atoms with E-state index in [2.05, 4.69) is 27.8 Å². The van der Waals surface area contributed by atoms with Gasteiger partial charge in [0.25, 0.3) is 0 Å². The fraction of sp³-hybridized carbons (Fsp3) is 0.323. The molecule has 2 heterocycles. The van der Waals surface area contributed by atoms with E-state index in [1.165, 1.54) is 49.4 Å². The number of benzene rings is 3. The molecule has 200 valence electrons. The molecular weight excluding hydrogens is 528 g/mol. The van der Waals surface area contributed by atoms with E-state index in [9.17, 15) is 4.79 Å². The number of rotatable bonds is 7. The Hall–Kier alpha value is -3.29. The Balaban J connectivity index is 1.31. The summed E-state index contributed by atoms with van der Waals surface area (Å²) < 4.78 is 7.47. The highest BCUT2D eigenvalue weighted by molar-refractivity contribution is 8.00. The first-order valence-electron chi connectivity index (χ1n) is 13.6. The van der Waals surface area contributed by atoms with Crippen LogP contribution in [0.25, 0.3) is 11.4 Å². The van der Waals surface area contributed by atoms with Gasteiger partial charge in [0.2, 0.25) is 5.16 Å². The van der Waals surface area contributed by atoms with Gasteiger partial charge in [0.05, 0.1) is 12.6 Å². The van der Waals surface area contributed by atoms with E-state index in [1.54, 1.807) is 0 Å². The first-order valence-corrected chi connectivity index (χ1v) is 14.9. The van der Waals surface area contributed by atoms with Crippen molar-refractivity contribution in [2.45, 2.75) is 61.4 Å². The standard InChI is InChI=1S/C31H31ClN4O2S/c1-2-38-26-18-14-24(15-19-26)30-33-34-31-36(30)35-27(22-12-16-25(32)17-13-22)29(39-31)28(37)23-10-8-21(9-11-23)20-6-4-3-5-7-20/h8-20,27,29,35H,2-7H2,1H3/t27-,29-/m0/s1. The van der Waals surface area contributed by atoms with Gasteiger partial charge in [0.15, 0.2) is 11.6 Å². The van der Waals surface area contributed by atoms with Crippen LogP contribution in [-0.2, 0) is 0 Å². The highest BCUT2D eigenvalue weighted by Crippen LogP contribution is 2.41. The van der Waals surface area contributed by atoms with Crippen LogP contribution in [0.3, 0.4) is 0 Å². The Bertz CT molecular complexity index is 1430. The van der Waals surface area contributed by atoms with Crippen molar-refractivity contribution in [3.8, 4) is 17.1 Å². The number of Topliss-reactive ketones (excluding diaryl/α,β-unsaturated/α-hetero) is 1. The predicted octanol–water partition coefficient (Wildman–Crippen LogP) is 7.69. The van der Waals surface area contributed by atoms with Crippen molar-refractivity contribution in [3.05, 3.63) is 94.5 Å². The maximum atomic E-state index is 14.0. The van der Waals surface area contributed by atoms with Gasteiger partial charge in [-0.2, -0.15) is 0 Å². The third-order valence-electron chi connectivity index (χ3n) is 7.62. The minimum absolute atomic E-state index is 0.0690. The van der Waals surface area contributed by atoms with Crippen molar-refractivity contribution in [1.29, 1.82) is 0 Å². The minimum Gasteiger partial charge on any atom is -0.494 e. The van der Waals surface area contributed by atoms with Crippen LogP contribution in [0.5, 0.6) is 5.75 Å². The number of thioether (sulfide) groups is 1. The van der Waals surface area contributed by atoms with Crippen LogP contribution in [0.15, 0.2) is 78.0 Å². The summed E-state index contributed by atoms with van der Waals surface area (Å²) in [6, 6.07) is 23.4. The van der Waals surface area contributed by atoms with Crippen LogP contribution in [-0.4, -0.2) is 32.5 Å². The molecule has 0 unspecified atom stereocenters. The Morgan fingerprint density at radius 1 is 0.949 bits per heavy atom. The summed E-state index contributed by atoms with van der Waals surface area (Å²) in [5, 5.41) is 9.81. The third kappa shape index (κ3) is 5.43. The van der Waals surface area contributed by atoms with E-state index in [0.717, 1.165) is 16.9 Å². The Morgan fingerprint density at radius 2 is 1.64 bits per heavy atom. The fourth-order valence-corrected chi connectivity index (χ4v) is 6.83. The lowest BCUT2D eigenvalue weighted by atomic mass is 9.83. The SMILES string of the molecule is CCOc1ccc(-c2nnc3n2N[C@@H](c2ccc(Cl)cc2)[C@@H](C(=O)c2ccc(C4CCCCC4)cc2)S3)cc1. The van der Waals surface area contributed by atoms with Gasteiger partial charge in [0, 0.05) is 16.1 Å². The number of carbonyl (C=O) groups is 1. The average Bonchev–Trinajstić information content (AvgIpc) is 3.41. The molecule has 39 heavy (non-hydrogen) atoms. The van der Waals surface area contributed by atoms with Crippen LogP contribution in [0, 0.1) is 0 Å². The molecule has 0 spiro atoms. The quantitative estimate of drug-likeness (QED) is 0.234. The van der Waals surface area contributed by atoms with E-state index in [-0.39, 0.29) is 11.8 Å². The molecule has 6 rings (SSSR count). The molecule has 0 radical (unpaired) electrons. The molecule has 0 saturated heterocycles. The van der Waals surface area contributed by atoms with E-state index < -0.39 is 5.25 Å². The Morgan fingerprint density at radius 3 is 2.33 bits per heavy atom. The molecular formula is C31H31ClN4O2S. The van der Waals surface area contributed by atoms with Gasteiger partial charge < -0.3 is 10.2 Å². The average molecular weight is 559 g/mol. The lowest BCUT2D eigenvalue weighted by Gasteiger charge is -2.33. The largest absolute Gasteiger partial charge is 0.494 e. The third-order valence-corrected chi connectivity index (χ3v) is 9.09. The molecule has 0 amide bonds. The van der Waals surface area contributed by atoms with Crippen molar-refractivity contribution < 1.29 is 9.53 Å². The van der Waals surface area contributed by atoms with Crippen LogP contribution in [0.1, 0.15) is 72.5 Å². The van der Waals surface area contributed by atoms with E-state index >= 15 is 0 Å². The number of nitrogens with zero attached hydrogens (tertiary/aromatic N) is 3. The molecule has 2 aliphatic rings. The van der Waals surface area contributed by atoms with Gasteiger partial charge in [-0.1, -0.05) is 79.0 Å². The summed E-state index contributed by atoms with van der Waals surface area (Å²) in [6.07, 6.45) is 6.38. The van der Waals surface area contributed by atoms with Gasteiger partial charge in [-0.05, 0) is 73.2 Å². The van der Waals surface area contributed by atoms with Crippen LogP contribution >= 0.6 is 23.4 Å². The van der Waals surface area contributed by atoms with E-state index in [0.29, 0.717) is 34.1 Å². The zero-order valence-electron chi connectivity index (χ0n) is 21.8. The maximum Gasteiger partial charge on any atom is 0.211 e. The molecule has 1 fully saturated rings. The summed E-state index contributed by atoms with van der Waals surface area (Å²) in [5.41, 5.74) is 7.50. The van der Waals surface area contributed by atoms with Gasteiger partial charge >= 0.3 is 0 Å². The van der Waals surface area contributed by atoms with Gasteiger partial charge in [0.1, 0.15) is 11.0 Å². The smallest absolute Gasteiger partial charge is 0.211 e. The van der Waals surface area contributed by atoms with Gasteiger partial charge in [-0.25, -0.2) is 4.68 Å². The second-order valence-electron chi connectivity index (χ2n) is 10.1. The maximum absolute atomic E-state index is 14.0. The zero-order chi connectivity index (χ0) is 26.8. The normalized spacial score (nSPS) is 19.2. The number of halogens is 1. The summed E-state index contributed by atoms with van der Waals surface area (Å²) in [6.45, 7) is 2.57. The molecule has 1 N–H and O–H groups in total. The monoisotopic (exact) mass is 558 g/mol. The molecule has 3 aromatic carbocycles. The topological polar surface area (TPSA) is 69.0 Å². The molecule has 6 nitrogen and oxygen atoms in total. The number of ketones is 1. The fourth-order valence-electron chi connectivity index (χ4n) is 5.55. The van der Waals surface area contributed by atoms with Crippen molar-refractivity contribution in [3.63, 3.8) is 0 Å². The predicted molar refractivity (Wildman–Crippen MR) is 156 cm³/mol. The number of fused-ring (bicyclic) bond motifs is 1. The van der Waals surface area contributed by atoms with E-state index in [4.69, 9.17) is 16.3 Å². The van der Waals surface area contributed by atoms with Crippen LogP contribution in [0.4, 0.5) is 0 Å². The molecule has 2 atom stereocenters. The number of nitrogens with one attached hydrogen (secondary N) is 1. The highest BCUT2D eigenvalue weighted by atomic mass is 35.5. The Labute approximate surface area is 238 Å². The molecule has 8 heteroatoms. The molecule has 1 aliphatic heterocycles. The number of hydrogen-bond acceptors (Lipinski definition) is 6. The molecule has 1 aliphatic carbocycles. The zero-order valence-corrected chi connectivity index (χ0v) is 23.4. The summed E-state index contributed by atoms with van der Waals surface area (Å²) in [5.74, 6) is 2.16. The Kier molecular flexibility index (Phi) is 7.62. The molecule has 1 aromatic heterocycles. The van der Waals surface area contributed by atoms with Gasteiger partial charge in [-0.15, -0.1) is 10.2 Å². The summed E-state index contributed by atoms with van der Waals surface area (Å²) >= 11 is 7.65. The second kappa shape index (κ2) is 11.4.